The molecule has 29 heavy (non-hydrogen) atoms. The smallest absolute Gasteiger partial charge is 0.213 e. The fourth-order valence-corrected chi connectivity index (χ4v) is 4.53. The highest BCUT2D eigenvalue weighted by Crippen LogP contribution is 2.29. The van der Waals surface area contributed by atoms with E-state index >= 15 is 0 Å². The molecule has 0 radical (unpaired) electrons. The van der Waals surface area contributed by atoms with Crippen LogP contribution in [-0.2, 0) is 6.54 Å². The molecule has 7 heteroatoms. The molecule has 2 aliphatic rings. The largest absolute Gasteiger partial charge is 0.477 e. The second-order valence-corrected chi connectivity index (χ2v) is 8.82. The topological polar surface area (TPSA) is 61.8 Å². The van der Waals surface area contributed by atoms with E-state index < -0.39 is 0 Å². The third-order valence-corrected chi connectivity index (χ3v) is 6.54. The van der Waals surface area contributed by atoms with Crippen molar-refractivity contribution in [2.75, 3.05) is 33.3 Å². The zero-order chi connectivity index (χ0) is 19.9. The lowest BCUT2D eigenvalue weighted by molar-refractivity contribution is 0.249. The molecule has 4 rings (SSSR count). The van der Waals surface area contributed by atoms with Crippen LogP contribution in [0.15, 0.2) is 40.8 Å². The van der Waals surface area contributed by atoms with E-state index in [-0.39, 0.29) is 0 Å². The molecule has 1 aliphatic heterocycles. The molecule has 0 amide bonds. The van der Waals surface area contributed by atoms with Crippen LogP contribution in [0.1, 0.15) is 42.2 Å². The summed E-state index contributed by atoms with van der Waals surface area (Å²) in [6, 6.07) is 8.82. The molecule has 0 aromatic carbocycles. The molecule has 3 heterocycles. The summed E-state index contributed by atoms with van der Waals surface area (Å²) in [5.41, 5.74) is 1.14. The lowest BCUT2D eigenvalue weighted by atomic mass is 10.2. The van der Waals surface area contributed by atoms with Crippen molar-refractivity contribution in [2.24, 2.45) is 10.9 Å². The van der Waals surface area contributed by atoms with Gasteiger partial charge in [-0.25, -0.2) is 4.98 Å². The maximum atomic E-state index is 5.79. The Hall–Kier alpha value is -2.12. The molecule has 0 spiro atoms. The van der Waals surface area contributed by atoms with Crippen LogP contribution >= 0.6 is 11.3 Å². The van der Waals surface area contributed by atoms with E-state index in [0.29, 0.717) is 18.5 Å². The Morgan fingerprint density at radius 3 is 2.90 bits per heavy atom. The number of nitrogens with one attached hydrogen (secondary N) is 2. The highest BCUT2D eigenvalue weighted by Gasteiger charge is 2.24. The molecule has 1 saturated carbocycles. The van der Waals surface area contributed by atoms with Gasteiger partial charge in [0.25, 0.3) is 0 Å². The van der Waals surface area contributed by atoms with Crippen LogP contribution in [0.3, 0.4) is 0 Å². The van der Waals surface area contributed by atoms with Crippen molar-refractivity contribution in [1.29, 1.82) is 0 Å². The number of hydrogen-bond donors (Lipinski definition) is 2. The number of hydrogen-bond acceptors (Lipinski definition) is 5. The van der Waals surface area contributed by atoms with Crippen molar-refractivity contribution in [3.63, 3.8) is 0 Å². The van der Waals surface area contributed by atoms with Crippen LogP contribution < -0.4 is 15.4 Å². The fraction of sp³-hybridized carbons (Fsp3) is 0.545. The minimum Gasteiger partial charge on any atom is -0.477 e. The van der Waals surface area contributed by atoms with E-state index in [1.54, 1.807) is 0 Å². The zero-order valence-electron chi connectivity index (χ0n) is 17.1. The van der Waals surface area contributed by atoms with E-state index in [1.165, 1.54) is 43.6 Å². The Labute approximate surface area is 177 Å². The minimum absolute atomic E-state index is 0.402. The van der Waals surface area contributed by atoms with Crippen LogP contribution in [-0.4, -0.2) is 49.1 Å². The number of nitrogens with zero attached hydrogens (tertiary/aromatic N) is 3. The number of ether oxygens (including phenoxy) is 1. The van der Waals surface area contributed by atoms with Gasteiger partial charge in [-0.3, -0.25) is 9.89 Å². The SMILES string of the molecule is CN=C(NCc1ccnc(OCC2CC2)c1)NCC(c1cccs1)N1CCCC1. The molecule has 0 bridgehead atoms. The van der Waals surface area contributed by atoms with Gasteiger partial charge in [-0.1, -0.05) is 6.07 Å². The number of pyridine rings is 1. The van der Waals surface area contributed by atoms with Crippen molar-refractivity contribution in [3.8, 4) is 5.88 Å². The Bertz CT molecular complexity index is 784. The lowest BCUT2D eigenvalue weighted by Crippen LogP contribution is -2.42. The molecule has 1 aliphatic carbocycles. The van der Waals surface area contributed by atoms with Gasteiger partial charge < -0.3 is 15.4 Å². The van der Waals surface area contributed by atoms with E-state index in [2.05, 4.69) is 43.0 Å². The summed E-state index contributed by atoms with van der Waals surface area (Å²) in [4.78, 5) is 12.7. The summed E-state index contributed by atoms with van der Waals surface area (Å²) >= 11 is 1.84. The summed E-state index contributed by atoms with van der Waals surface area (Å²) in [5.74, 6) is 2.27. The molecule has 1 unspecified atom stereocenters. The van der Waals surface area contributed by atoms with Crippen molar-refractivity contribution in [1.82, 2.24) is 20.5 Å². The van der Waals surface area contributed by atoms with Gasteiger partial charge in [0.2, 0.25) is 5.88 Å². The van der Waals surface area contributed by atoms with Gasteiger partial charge in [-0.2, -0.15) is 0 Å². The molecular weight excluding hydrogens is 382 g/mol. The van der Waals surface area contributed by atoms with E-state index in [4.69, 9.17) is 4.74 Å². The predicted octanol–water partition coefficient (Wildman–Crippen LogP) is 3.43. The summed E-state index contributed by atoms with van der Waals surface area (Å²) in [6.07, 6.45) is 6.97. The molecular formula is C22H31N5OS. The Kier molecular flexibility index (Phi) is 7.00. The average molecular weight is 414 g/mol. The molecule has 156 valence electrons. The molecule has 6 nitrogen and oxygen atoms in total. The number of aromatic nitrogens is 1. The summed E-state index contributed by atoms with van der Waals surface area (Å²) in [6.45, 7) is 4.68. The minimum atomic E-state index is 0.402. The predicted molar refractivity (Wildman–Crippen MR) is 119 cm³/mol. The second-order valence-electron chi connectivity index (χ2n) is 7.84. The van der Waals surface area contributed by atoms with E-state index in [0.717, 1.165) is 30.6 Å². The van der Waals surface area contributed by atoms with Gasteiger partial charge >= 0.3 is 0 Å². The molecule has 1 atom stereocenters. The summed E-state index contributed by atoms with van der Waals surface area (Å²) < 4.78 is 5.79. The van der Waals surface area contributed by atoms with Crippen molar-refractivity contribution < 1.29 is 4.74 Å². The number of guanidine groups is 1. The zero-order valence-corrected chi connectivity index (χ0v) is 18.0. The first-order valence-corrected chi connectivity index (χ1v) is 11.5. The van der Waals surface area contributed by atoms with Gasteiger partial charge in [-0.05, 0) is 67.8 Å². The number of aliphatic imine (C=N–C) groups is 1. The van der Waals surface area contributed by atoms with Gasteiger partial charge in [0.05, 0.1) is 12.6 Å². The fourth-order valence-electron chi connectivity index (χ4n) is 3.67. The highest BCUT2D eigenvalue weighted by molar-refractivity contribution is 7.10. The lowest BCUT2D eigenvalue weighted by Gasteiger charge is -2.27. The van der Waals surface area contributed by atoms with Crippen LogP contribution in [0.25, 0.3) is 0 Å². The average Bonchev–Trinajstić information content (AvgIpc) is 3.18. The quantitative estimate of drug-likeness (QED) is 0.487. The normalized spacial score (nSPS) is 18.6. The maximum absolute atomic E-state index is 5.79. The summed E-state index contributed by atoms with van der Waals surface area (Å²) in [5, 5.41) is 9.11. The van der Waals surface area contributed by atoms with Crippen molar-refractivity contribution >= 4 is 17.3 Å². The van der Waals surface area contributed by atoms with E-state index in [9.17, 15) is 0 Å². The van der Waals surface area contributed by atoms with Gasteiger partial charge in [0.1, 0.15) is 0 Å². The first-order valence-electron chi connectivity index (χ1n) is 10.6. The van der Waals surface area contributed by atoms with Gasteiger partial charge in [-0.15, -0.1) is 11.3 Å². The third kappa shape index (κ3) is 5.93. The summed E-state index contributed by atoms with van der Waals surface area (Å²) in [7, 11) is 1.82. The van der Waals surface area contributed by atoms with Crippen LogP contribution in [0, 0.1) is 5.92 Å². The van der Waals surface area contributed by atoms with Gasteiger partial charge in [0, 0.05) is 37.3 Å². The Balaban J connectivity index is 1.29. The van der Waals surface area contributed by atoms with Gasteiger partial charge in [0.15, 0.2) is 5.96 Å². The van der Waals surface area contributed by atoms with E-state index in [1.807, 2.05) is 36.7 Å². The van der Waals surface area contributed by atoms with Crippen molar-refractivity contribution in [2.45, 2.75) is 38.3 Å². The maximum Gasteiger partial charge on any atom is 0.213 e. The molecule has 2 N–H and O–H groups in total. The molecule has 2 aromatic rings. The standard InChI is InChI=1S/C22H31N5OS/c1-23-22(25-14-18-8-9-24-21(13-18)28-16-17-6-7-17)26-15-19(20-5-4-12-29-20)27-10-2-3-11-27/h4-5,8-9,12-13,17,19H,2-3,6-7,10-11,14-16H2,1H3,(H2,23,25,26). The number of likely N-dealkylation sites (tertiary alicyclic amines) is 1. The Morgan fingerprint density at radius 2 is 2.17 bits per heavy atom. The highest BCUT2D eigenvalue weighted by atomic mass is 32.1. The molecule has 2 fully saturated rings. The first-order chi connectivity index (χ1) is 14.3. The Morgan fingerprint density at radius 1 is 1.31 bits per heavy atom. The van der Waals surface area contributed by atoms with Crippen LogP contribution in [0.5, 0.6) is 5.88 Å². The third-order valence-electron chi connectivity index (χ3n) is 5.56. The molecule has 2 aromatic heterocycles. The van der Waals surface area contributed by atoms with Crippen LogP contribution in [0.2, 0.25) is 0 Å². The monoisotopic (exact) mass is 413 g/mol. The first kappa shape index (κ1) is 20.2. The second kappa shape index (κ2) is 10.1. The number of thiophene rings is 1. The molecule has 1 saturated heterocycles. The van der Waals surface area contributed by atoms with Crippen molar-refractivity contribution in [3.05, 3.63) is 46.3 Å². The van der Waals surface area contributed by atoms with Crippen LogP contribution in [0.4, 0.5) is 0 Å². The number of rotatable bonds is 9.